The molecule has 0 saturated carbocycles. The molecule has 0 saturated heterocycles. The topological polar surface area (TPSA) is 116 Å². The van der Waals surface area contributed by atoms with Crippen LogP contribution < -0.4 is 25.8 Å². The molecule has 1 aliphatic rings. The summed E-state index contributed by atoms with van der Waals surface area (Å²) in [4.78, 5) is 27.9. The largest absolute Gasteiger partial charge is 0.586 e. The smallest absolute Gasteiger partial charge is 0.395 e. The Kier molecular flexibility index (Phi) is 6.26. The van der Waals surface area contributed by atoms with Crippen LogP contribution >= 0.6 is 0 Å². The Labute approximate surface area is 191 Å². The van der Waals surface area contributed by atoms with Gasteiger partial charge in [-0.25, -0.2) is 4.39 Å². The molecule has 176 valence electrons. The highest BCUT2D eigenvalue weighted by atomic mass is 19.3. The fraction of sp³-hybridized carbons (Fsp3) is 0.174. The summed E-state index contributed by atoms with van der Waals surface area (Å²) in [5.41, 5.74) is 6.87. The number of carbonyl (C=O) groups is 2. The Morgan fingerprint density at radius 3 is 2.62 bits per heavy atom. The van der Waals surface area contributed by atoms with Gasteiger partial charge in [0, 0.05) is 30.2 Å². The number of nitrogens with zero attached hydrogens (tertiary/aromatic N) is 1. The zero-order chi connectivity index (χ0) is 24.3. The number of carbonyl (C=O) groups excluding carboxylic acids is 2. The molecule has 4 rings (SSSR count). The first-order valence-electron chi connectivity index (χ1n) is 10.2. The lowest BCUT2D eigenvalue weighted by Crippen LogP contribution is -2.25. The summed E-state index contributed by atoms with van der Waals surface area (Å²) in [6.07, 6.45) is -1.03. The predicted octanol–water partition coefficient (Wildman–Crippen LogP) is 3.94. The van der Waals surface area contributed by atoms with Crippen molar-refractivity contribution in [2.75, 3.05) is 17.2 Å². The maximum absolute atomic E-state index is 13.9. The number of nitrogens with two attached hydrogens (primary N) is 1. The van der Waals surface area contributed by atoms with Crippen LogP contribution in [0.1, 0.15) is 32.8 Å². The molecule has 0 unspecified atom stereocenters. The quantitative estimate of drug-likeness (QED) is 0.428. The number of alkyl halides is 2. The van der Waals surface area contributed by atoms with E-state index in [1.165, 1.54) is 36.5 Å². The van der Waals surface area contributed by atoms with Crippen molar-refractivity contribution >= 4 is 23.2 Å². The Hall–Kier alpha value is -4.28. The van der Waals surface area contributed by atoms with Crippen LogP contribution in [0.3, 0.4) is 0 Å². The van der Waals surface area contributed by atoms with Gasteiger partial charge in [0.25, 0.3) is 11.8 Å². The number of nitrogens with one attached hydrogen (secondary N) is 2. The highest BCUT2D eigenvalue weighted by molar-refractivity contribution is 6.08. The van der Waals surface area contributed by atoms with E-state index in [0.717, 1.165) is 11.6 Å². The summed E-state index contributed by atoms with van der Waals surface area (Å²) in [5, 5.41) is 5.63. The standard InChI is InChI=1S/C23H19F3N4O4/c24-14-3-5-17(28-8-1-2-13-7-9-29-18(10-13)21(27)31)16(11-14)22(32)30-15-4-6-19-20(12-15)34-23(25,26)33-19/h3-7,9-12,28H,1-2,8H2,(H2,27,31)(H,30,32). The van der Waals surface area contributed by atoms with Crippen LogP contribution in [0.4, 0.5) is 24.5 Å². The third-order valence-electron chi connectivity index (χ3n) is 4.92. The second-order valence-electron chi connectivity index (χ2n) is 7.42. The molecule has 8 nitrogen and oxygen atoms in total. The van der Waals surface area contributed by atoms with E-state index in [0.29, 0.717) is 25.1 Å². The van der Waals surface area contributed by atoms with Crippen LogP contribution in [0.15, 0.2) is 54.7 Å². The number of ether oxygens (including phenoxy) is 2. The van der Waals surface area contributed by atoms with Crippen molar-refractivity contribution < 1.29 is 32.2 Å². The molecule has 0 aliphatic carbocycles. The van der Waals surface area contributed by atoms with Crippen LogP contribution in [0, 0.1) is 5.82 Å². The van der Waals surface area contributed by atoms with Crippen molar-refractivity contribution in [3.8, 4) is 11.5 Å². The van der Waals surface area contributed by atoms with E-state index in [-0.39, 0.29) is 28.4 Å². The first-order valence-corrected chi connectivity index (χ1v) is 10.2. The van der Waals surface area contributed by atoms with E-state index in [1.807, 2.05) is 0 Å². The van der Waals surface area contributed by atoms with Gasteiger partial charge in [-0.3, -0.25) is 14.6 Å². The lowest BCUT2D eigenvalue weighted by Gasteiger charge is -2.13. The van der Waals surface area contributed by atoms with Gasteiger partial charge >= 0.3 is 6.29 Å². The van der Waals surface area contributed by atoms with Crippen LogP contribution in [0.5, 0.6) is 11.5 Å². The van der Waals surface area contributed by atoms with Crippen molar-refractivity contribution in [3.05, 3.63) is 77.4 Å². The maximum atomic E-state index is 13.9. The van der Waals surface area contributed by atoms with E-state index >= 15 is 0 Å². The Balaban J connectivity index is 1.40. The van der Waals surface area contributed by atoms with E-state index in [9.17, 15) is 22.8 Å². The predicted molar refractivity (Wildman–Crippen MR) is 117 cm³/mol. The van der Waals surface area contributed by atoms with Gasteiger partial charge in [-0.2, -0.15) is 0 Å². The highest BCUT2D eigenvalue weighted by Gasteiger charge is 2.43. The van der Waals surface area contributed by atoms with Crippen molar-refractivity contribution in [1.29, 1.82) is 0 Å². The molecular weight excluding hydrogens is 453 g/mol. The number of aryl methyl sites for hydroxylation is 1. The van der Waals surface area contributed by atoms with Crippen molar-refractivity contribution in [1.82, 2.24) is 4.98 Å². The van der Waals surface area contributed by atoms with Crippen LogP contribution in [-0.4, -0.2) is 29.6 Å². The Morgan fingerprint density at radius 2 is 1.82 bits per heavy atom. The number of anilines is 2. The molecule has 4 N–H and O–H groups in total. The third-order valence-corrected chi connectivity index (χ3v) is 4.92. The van der Waals surface area contributed by atoms with Crippen LogP contribution in [0.2, 0.25) is 0 Å². The molecule has 0 spiro atoms. The number of rotatable bonds is 8. The molecule has 1 aliphatic heterocycles. The molecule has 34 heavy (non-hydrogen) atoms. The number of amides is 2. The lowest BCUT2D eigenvalue weighted by atomic mass is 10.1. The summed E-state index contributed by atoms with van der Waals surface area (Å²) in [5.74, 6) is -2.26. The fourth-order valence-electron chi connectivity index (χ4n) is 3.36. The summed E-state index contributed by atoms with van der Waals surface area (Å²) in [7, 11) is 0. The average Bonchev–Trinajstić information content (AvgIpc) is 3.10. The minimum Gasteiger partial charge on any atom is -0.395 e. The monoisotopic (exact) mass is 472 g/mol. The summed E-state index contributed by atoms with van der Waals surface area (Å²) in [6.45, 7) is 0.444. The number of pyridine rings is 1. The van der Waals surface area contributed by atoms with E-state index < -0.39 is 23.9 Å². The third kappa shape index (κ3) is 5.37. The minimum absolute atomic E-state index is 0.0305. The second-order valence-corrected chi connectivity index (χ2v) is 7.42. The van der Waals surface area contributed by atoms with Gasteiger partial charge in [0.1, 0.15) is 11.5 Å². The lowest BCUT2D eigenvalue weighted by molar-refractivity contribution is -0.286. The molecule has 0 atom stereocenters. The number of aromatic nitrogens is 1. The first kappa shape index (κ1) is 22.9. The molecule has 1 aromatic heterocycles. The molecule has 2 heterocycles. The van der Waals surface area contributed by atoms with Gasteiger partial charge in [-0.1, -0.05) is 0 Å². The number of primary amides is 1. The van der Waals surface area contributed by atoms with Gasteiger partial charge in [-0.15, -0.1) is 8.78 Å². The first-order chi connectivity index (χ1) is 16.2. The molecular formula is C23H19F3N4O4. The zero-order valence-corrected chi connectivity index (χ0v) is 17.6. The van der Waals surface area contributed by atoms with Gasteiger partial charge in [0.05, 0.1) is 5.56 Å². The molecule has 11 heteroatoms. The molecule has 0 fully saturated rings. The summed E-state index contributed by atoms with van der Waals surface area (Å²) < 4.78 is 49.0. The number of hydrogen-bond donors (Lipinski definition) is 3. The molecule has 2 aromatic carbocycles. The summed E-state index contributed by atoms with van der Waals surface area (Å²) in [6, 6.07) is 10.9. The van der Waals surface area contributed by atoms with Gasteiger partial charge < -0.3 is 25.8 Å². The van der Waals surface area contributed by atoms with Crippen LogP contribution in [-0.2, 0) is 6.42 Å². The molecule has 0 radical (unpaired) electrons. The highest BCUT2D eigenvalue weighted by Crippen LogP contribution is 2.42. The van der Waals surface area contributed by atoms with Crippen molar-refractivity contribution in [2.45, 2.75) is 19.1 Å². The van der Waals surface area contributed by atoms with Gasteiger partial charge in [0.15, 0.2) is 11.5 Å². The van der Waals surface area contributed by atoms with Crippen molar-refractivity contribution in [3.63, 3.8) is 0 Å². The van der Waals surface area contributed by atoms with E-state index in [2.05, 4.69) is 25.1 Å². The molecule has 2 amide bonds. The van der Waals surface area contributed by atoms with Gasteiger partial charge in [-0.05, 0) is 60.9 Å². The Bertz CT molecular complexity index is 1250. The Morgan fingerprint density at radius 1 is 1.03 bits per heavy atom. The maximum Gasteiger partial charge on any atom is 0.586 e. The molecule has 3 aromatic rings. The van der Waals surface area contributed by atoms with E-state index in [1.54, 1.807) is 12.1 Å². The average molecular weight is 472 g/mol. The minimum atomic E-state index is -3.78. The zero-order valence-electron chi connectivity index (χ0n) is 17.6. The normalized spacial score (nSPS) is 13.4. The van der Waals surface area contributed by atoms with Crippen molar-refractivity contribution in [2.24, 2.45) is 5.73 Å². The fourth-order valence-corrected chi connectivity index (χ4v) is 3.36. The van der Waals surface area contributed by atoms with Gasteiger partial charge in [0.2, 0.25) is 0 Å². The number of hydrogen-bond acceptors (Lipinski definition) is 6. The summed E-state index contributed by atoms with van der Waals surface area (Å²) >= 11 is 0. The second kappa shape index (κ2) is 9.30. The number of benzene rings is 2. The number of fused-ring (bicyclic) bond motifs is 1. The number of halogens is 3. The van der Waals surface area contributed by atoms with E-state index in [4.69, 9.17) is 5.73 Å². The van der Waals surface area contributed by atoms with Crippen LogP contribution in [0.25, 0.3) is 0 Å². The SMILES string of the molecule is NC(=O)c1cc(CCCNc2ccc(F)cc2C(=O)Nc2ccc3c(c2)OC(F)(F)O3)ccn1. The molecule has 0 bridgehead atoms.